The Balaban J connectivity index is 1.16. The van der Waals surface area contributed by atoms with E-state index in [0.29, 0.717) is 42.8 Å². The first-order valence-electron chi connectivity index (χ1n) is 12.4. The summed E-state index contributed by atoms with van der Waals surface area (Å²) in [4.78, 5) is 15.8. The Morgan fingerprint density at radius 3 is 2.21 bits per heavy atom. The molecule has 1 atom stereocenters. The largest absolute Gasteiger partial charge is 0.494 e. The highest BCUT2D eigenvalue weighted by molar-refractivity contribution is 8.00. The molecule has 0 fully saturated rings. The molecule has 4 rings (SSSR count). The molecule has 1 amide bonds. The van der Waals surface area contributed by atoms with Gasteiger partial charge < -0.3 is 33.9 Å². The van der Waals surface area contributed by atoms with Gasteiger partial charge in [-0.2, -0.15) is 0 Å². The van der Waals surface area contributed by atoms with Gasteiger partial charge in [0.05, 0.1) is 33.6 Å². The number of rotatable bonds is 13. The van der Waals surface area contributed by atoms with Crippen LogP contribution in [-0.4, -0.2) is 60.6 Å². The molecule has 202 valence electrons. The number of nitrogens with zero attached hydrogens (tertiary/aromatic N) is 1. The summed E-state index contributed by atoms with van der Waals surface area (Å²) >= 11 is 1.59. The fourth-order valence-corrected chi connectivity index (χ4v) is 5.44. The Hall–Kier alpha value is -3.56. The lowest BCUT2D eigenvalue weighted by molar-refractivity contribution is -0.118. The van der Waals surface area contributed by atoms with Crippen molar-refractivity contribution in [2.75, 3.05) is 59.6 Å². The van der Waals surface area contributed by atoms with Crippen molar-refractivity contribution in [2.45, 2.75) is 16.6 Å². The van der Waals surface area contributed by atoms with Crippen molar-refractivity contribution in [3.05, 3.63) is 66.2 Å². The van der Waals surface area contributed by atoms with Gasteiger partial charge in [-0.1, -0.05) is 24.3 Å². The van der Waals surface area contributed by atoms with Gasteiger partial charge in [0.2, 0.25) is 11.7 Å². The van der Waals surface area contributed by atoms with Crippen molar-refractivity contribution in [1.29, 1.82) is 0 Å². The van der Waals surface area contributed by atoms with Gasteiger partial charge in [-0.05, 0) is 42.8 Å². The predicted molar refractivity (Wildman–Crippen MR) is 149 cm³/mol. The highest BCUT2D eigenvalue weighted by Crippen LogP contribution is 2.46. The van der Waals surface area contributed by atoms with Gasteiger partial charge in [0, 0.05) is 30.6 Å². The summed E-state index contributed by atoms with van der Waals surface area (Å²) in [6.07, 6.45) is 0.852. The standard InChI is InChI=1S/C29H34N2O6S/c1-31-23-8-5-6-9-26(23)38-28(29(31)32)20-10-12-21(13-11-20)36-16-7-14-30-15-17-37-22-18-24(33-2)27(35-4)25(19-22)34-3/h5-6,8-13,18-19,28,30H,7,14-17H2,1-4H3. The molecule has 38 heavy (non-hydrogen) atoms. The number of para-hydroxylation sites is 1. The van der Waals surface area contributed by atoms with Crippen LogP contribution in [0.25, 0.3) is 0 Å². The molecular formula is C29H34N2O6S. The van der Waals surface area contributed by atoms with Gasteiger partial charge in [0.15, 0.2) is 11.5 Å². The molecule has 0 spiro atoms. The number of amides is 1. The highest BCUT2D eigenvalue weighted by atomic mass is 32.2. The number of ether oxygens (including phenoxy) is 5. The van der Waals surface area contributed by atoms with Crippen LogP contribution in [0.15, 0.2) is 65.6 Å². The van der Waals surface area contributed by atoms with E-state index < -0.39 is 0 Å². The number of benzene rings is 3. The molecule has 1 aliphatic heterocycles. The highest BCUT2D eigenvalue weighted by Gasteiger charge is 2.32. The van der Waals surface area contributed by atoms with Crippen molar-refractivity contribution in [1.82, 2.24) is 5.32 Å². The topological polar surface area (TPSA) is 78.5 Å². The lowest BCUT2D eigenvalue weighted by atomic mass is 10.1. The van der Waals surface area contributed by atoms with E-state index >= 15 is 0 Å². The molecule has 1 heterocycles. The van der Waals surface area contributed by atoms with E-state index in [-0.39, 0.29) is 11.2 Å². The Morgan fingerprint density at radius 1 is 0.842 bits per heavy atom. The molecule has 3 aromatic rings. The second-order valence-electron chi connectivity index (χ2n) is 8.59. The van der Waals surface area contributed by atoms with E-state index in [1.807, 2.05) is 49.5 Å². The number of anilines is 1. The van der Waals surface area contributed by atoms with Crippen LogP contribution < -0.4 is 33.9 Å². The summed E-state index contributed by atoms with van der Waals surface area (Å²) in [5.74, 6) is 3.18. The molecule has 0 saturated carbocycles. The summed E-state index contributed by atoms with van der Waals surface area (Å²) in [5, 5.41) is 3.10. The van der Waals surface area contributed by atoms with E-state index in [0.717, 1.165) is 34.9 Å². The number of fused-ring (bicyclic) bond motifs is 1. The van der Waals surface area contributed by atoms with Crippen LogP contribution in [0.5, 0.6) is 28.7 Å². The first kappa shape index (κ1) is 27.5. The Bertz CT molecular complexity index is 1190. The third-order valence-electron chi connectivity index (χ3n) is 6.16. The van der Waals surface area contributed by atoms with Crippen LogP contribution >= 0.6 is 11.8 Å². The smallest absolute Gasteiger partial charge is 0.244 e. The number of carbonyl (C=O) groups excluding carboxylic acids is 1. The molecule has 8 nitrogen and oxygen atoms in total. The van der Waals surface area contributed by atoms with Crippen molar-refractivity contribution in [3.8, 4) is 28.7 Å². The van der Waals surface area contributed by atoms with E-state index in [4.69, 9.17) is 23.7 Å². The van der Waals surface area contributed by atoms with E-state index in [1.165, 1.54) is 0 Å². The zero-order valence-electron chi connectivity index (χ0n) is 22.2. The van der Waals surface area contributed by atoms with E-state index in [9.17, 15) is 4.79 Å². The monoisotopic (exact) mass is 538 g/mol. The first-order valence-corrected chi connectivity index (χ1v) is 13.3. The number of hydrogen-bond donors (Lipinski definition) is 1. The zero-order valence-corrected chi connectivity index (χ0v) is 23.0. The van der Waals surface area contributed by atoms with Gasteiger partial charge >= 0.3 is 0 Å². The number of thioether (sulfide) groups is 1. The van der Waals surface area contributed by atoms with Gasteiger partial charge in [-0.15, -0.1) is 11.8 Å². The minimum absolute atomic E-state index is 0.0858. The molecule has 1 aliphatic rings. The lowest BCUT2D eigenvalue weighted by Gasteiger charge is -2.31. The summed E-state index contributed by atoms with van der Waals surface area (Å²) in [6, 6.07) is 19.4. The minimum atomic E-state index is -0.254. The third kappa shape index (κ3) is 6.46. The molecule has 9 heteroatoms. The van der Waals surface area contributed by atoms with Crippen LogP contribution in [0.3, 0.4) is 0 Å². The van der Waals surface area contributed by atoms with Crippen molar-refractivity contribution < 1.29 is 28.5 Å². The SMILES string of the molecule is COc1cc(OCCNCCCOc2ccc(C3Sc4ccccc4N(C)C3=O)cc2)cc(OC)c1OC. The zero-order chi connectivity index (χ0) is 26.9. The van der Waals surface area contributed by atoms with Crippen molar-refractivity contribution in [3.63, 3.8) is 0 Å². The van der Waals surface area contributed by atoms with Crippen LogP contribution in [0.2, 0.25) is 0 Å². The summed E-state index contributed by atoms with van der Waals surface area (Å²) in [7, 11) is 6.56. The van der Waals surface area contributed by atoms with Crippen LogP contribution in [0.1, 0.15) is 17.2 Å². The summed E-state index contributed by atoms with van der Waals surface area (Å²) in [6.45, 7) is 2.58. The Labute approximate surface area is 228 Å². The van der Waals surface area contributed by atoms with Crippen molar-refractivity contribution >= 4 is 23.4 Å². The molecule has 1 unspecified atom stereocenters. The summed E-state index contributed by atoms with van der Waals surface area (Å²) in [5.41, 5.74) is 1.93. The average Bonchev–Trinajstić information content (AvgIpc) is 2.96. The van der Waals surface area contributed by atoms with E-state index in [1.54, 1.807) is 50.1 Å². The molecule has 0 radical (unpaired) electrons. The van der Waals surface area contributed by atoms with Crippen LogP contribution in [-0.2, 0) is 4.79 Å². The molecular weight excluding hydrogens is 504 g/mol. The van der Waals surface area contributed by atoms with E-state index in [2.05, 4.69) is 11.4 Å². The maximum absolute atomic E-state index is 12.9. The minimum Gasteiger partial charge on any atom is -0.494 e. The average molecular weight is 539 g/mol. The Morgan fingerprint density at radius 2 is 1.53 bits per heavy atom. The molecule has 0 saturated heterocycles. The molecule has 3 aromatic carbocycles. The van der Waals surface area contributed by atoms with Crippen LogP contribution in [0, 0.1) is 0 Å². The van der Waals surface area contributed by atoms with Gasteiger partial charge in [0.1, 0.15) is 23.4 Å². The van der Waals surface area contributed by atoms with Crippen LogP contribution in [0.4, 0.5) is 5.69 Å². The third-order valence-corrected chi connectivity index (χ3v) is 7.47. The second-order valence-corrected chi connectivity index (χ2v) is 9.74. The quantitative estimate of drug-likeness (QED) is 0.306. The molecule has 0 aliphatic carbocycles. The van der Waals surface area contributed by atoms with Gasteiger partial charge in [-0.3, -0.25) is 4.79 Å². The fraction of sp³-hybridized carbons (Fsp3) is 0.345. The molecule has 0 aromatic heterocycles. The van der Waals surface area contributed by atoms with Crippen molar-refractivity contribution in [2.24, 2.45) is 0 Å². The number of hydrogen-bond acceptors (Lipinski definition) is 8. The Kier molecular flexibility index (Phi) is 9.62. The fourth-order valence-electron chi connectivity index (χ4n) is 4.15. The number of likely N-dealkylation sites (N-methyl/N-ethyl adjacent to an activating group) is 1. The number of carbonyl (C=O) groups is 1. The maximum Gasteiger partial charge on any atom is 0.244 e. The summed E-state index contributed by atoms with van der Waals surface area (Å²) < 4.78 is 27.8. The molecule has 0 bridgehead atoms. The predicted octanol–water partition coefficient (Wildman–Crippen LogP) is 4.96. The molecule has 1 N–H and O–H groups in total. The second kappa shape index (κ2) is 13.3. The van der Waals surface area contributed by atoms with Gasteiger partial charge in [0.25, 0.3) is 0 Å². The normalized spacial score (nSPS) is 14.6. The number of methoxy groups -OCH3 is 3. The van der Waals surface area contributed by atoms with Gasteiger partial charge in [-0.25, -0.2) is 0 Å². The number of nitrogens with one attached hydrogen (secondary N) is 1. The first-order chi connectivity index (χ1) is 18.5. The lowest BCUT2D eigenvalue weighted by Crippen LogP contribution is -2.33. The maximum atomic E-state index is 12.9.